The zero-order chi connectivity index (χ0) is 13.2. The summed E-state index contributed by atoms with van der Waals surface area (Å²) in [6, 6.07) is 1.53. The smallest absolute Gasteiger partial charge is 0.410 e. The molecule has 6 heteroatoms. The lowest BCUT2D eigenvalue weighted by molar-refractivity contribution is 0.0230. The van der Waals surface area contributed by atoms with Gasteiger partial charge in [0, 0.05) is 13.1 Å². The van der Waals surface area contributed by atoms with Gasteiger partial charge in [-0.15, -0.1) is 0 Å². The van der Waals surface area contributed by atoms with Gasteiger partial charge in [0.15, 0.2) is 0 Å². The number of aromatic amines is 1. The van der Waals surface area contributed by atoms with Crippen LogP contribution in [-0.2, 0) is 4.74 Å². The van der Waals surface area contributed by atoms with E-state index in [4.69, 9.17) is 10.5 Å². The summed E-state index contributed by atoms with van der Waals surface area (Å²) in [5.74, 6) is 0.407. The fraction of sp³-hybridized carbons (Fsp3) is 0.636. The summed E-state index contributed by atoms with van der Waals surface area (Å²) >= 11 is 0. The average molecular weight is 240 g/mol. The highest BCUT2D eigenvalue weighted by atomic mass is 16.6. The summed E-state index contributed by atoms with van der Waals surface area (Å²) < 4.78 is 5.27. The number of amides is 1. The molecule has 1 aromatic rings. The minimum Gasteiger partial charge on any atom is -0.444 e. The molecule has 6 nitrogen and oxygen atoms in total. The number of rotatable bonds is 2. The van der Waals surface area contributed by atoms with Crippen molar-refractivity contribution < 1.29 is 9.53 Å². The highest BCUT2D eigenvalue weighted by Crippen LogP contribution is 2.20. The van der Waals surface area contributed by atoms with Gasteiger partial charge in [-0.05, 0) is 27.7 Å². The minimum absolute atomic E-state index is 0.172. The summed E-state index contributed by atoms with van der Waals surface area (Å²) in [7, 11) is 1.68. The van der Waals surface area contributed by atoms with Crippen molar-refractivity contribution in [1.29, 1.82) is 0 Å². The first-order valence-electron chi connectivity index (χ1n) is 5.47. The van der Waals surface area contributed by atoms with Crippen molar-refractivity contribution in [3.05, 3.63) is 11.8 Å². The normalized spacial score (nSPS) is 13.2. The maximum absolute atomic E-state index is 11.8. The van der Waals surface area contributed by atoms with Crippen LogP contribution in [0.25, 0.3) is 0 Å². The second kappa shape index (κ2) is 4.65. The summed E-state index contributed by atoms with van der Waals surface area (Å²) in [5, 5.41) is 6.61. The van der Waals surface area contributed by atoms with Crippen LogP contribution in [0, 0.1) is 0 Å². The number of nitrogens with one attached hydrogen (secondary N) is 1. The van der Waals surface area contributed by atoms with Crippen LogP contribution in [-0.4, -0.2) is 33.8 Å². The molecule has 1 aromatic heterocycles. The summed E-state index contributed by atoms with van der Waals surface area (Å²) in [6.07, 6.45) is -0.377. The van der Waals surface area contributed by atoms with E-state index in [0.29, 0.717) is 5.82 Å². The molecule has 1 atom stereocenters. The van der Waals surface area contributed by atoms with Gasteiger partial charge in [-0.3, -0.25) is 5.10 Å². The molecule has 1 amide bonds. The van der Waals surface area contributed by atoms with Gasteiger partial charge in [-0.25, -0.2) is 4.79 Å². The second-order valence-corrected chi connectivity index (χ2v) is 5.02. The van der Waals surface area contributed by atoms with E-state index in [9.17, 15) is 4.79 Å². The number of aromatic nitrogens is 2. The van der Waals surface area contributed by atoms with Crippen molar-refractivity contribution in [3.8, 4) is 0 Å². The Labute approximate surface area is 101 Å². The van der Waals surface area contributed by atoms with E-state index >= 15 is 0 Å². The second-order valence-electron chi connectivity index (χ2n) is 5.02. The van der Waals surface area contributed by atoms with E-state index in [2.05, 4.69) is 10.2 Å². The van der Waals surface area contributed by atoms with Gasteiger partial charge in [0.25, 0.3) is 0 Å². The summed E-state index contributed by atoms with van der Waals surface area (Å²) in [5.41, 5.74) is 5.79. The van der Waals surface area contributed by atoms with Crippen LogP contribution in [0.2, 0.25) is 0 Å². The molecule has 1 rings (SSSR count). The molecule has 0 aliphatic rings. The SMILES string of the molecule is CC(c1cc(N)n[nH]1)N(C)C(=O)OC(C)(C)C. The zero-order valence-electron chi connectivity index (χ0n) is 10.9. The number of hydrogen-bond acceptors (Lipinski definition) is 4. The van der Waals surface area contributed by atoms with Crippen molar-refractivity contribution in [2.45, 2.75) is 39.3 Å². The lowest BCUT2D eigenvalue weighted by Gasteiger charge is -2.28. The fourth-order valence-corrected chi connectivity index (χ4v) is 1.27. The molecule has 0 saturated heterocycles. The Kier molecular flexibility index (Phi) is 3.65. The summed E-state index contributed by atoms with van der Waals surface area (Å²) in [4.78, 5) is 13.3. The Morgan fingerprint density at radius 2 is 2.18 bits per heavy atom. The van der Waals surface area contributed by atoms with Crippen LogP contribution in [0.15, 0.2) is 6.07 Å². The molecule has 0 aromatic carbocycles. The molecule has 17 heavy (non-hydrogen) atoms. The molecule has 0 saturated carbocycles. The van der Waals surface area contributed by atoms with Crippen molar-refractivity contribution in [2.75, 3.05) is 12.8 Å². The molecule has 1 heterocycles. The highest BCUT2D eigenvalue weighted by Gasteiger charge is 2.24. The van der Waals surface area contributed by atoms with Crippen LogP contribution < -0.4 is 5.73 Å². The quantitative estimate of drug-likeness (QED) is 0.827. The molecule has 0 fully saturated rings. The van der Waals surface area contributed by atoms with E-state index in [-0.39, 0.29) is 12.1 Å². The van der Waals surface area contributed by atoms with Gasteiger partial charge in [-0.1, -0.05) is 0 Å². The van der Waals surface area contributed by atoms with E-state index in [1.165, 1.54) is 4.90 Å². The topological polar surface area (TPSA) is 84.2 Å². The molecular formula is C11H20N4O2. The van der Waals surface area contributed by atoms with E-state index in [1.54, 1.807) is 13.1 Å². The third kappa shape index (κ3) is 3.65. The van der Waals surface area contributed by atoms with Crippen molar-refractivity contribution >= 4 is 11.9 Å². The Balaban J connectivity index is 2.70. The average Bonchev–Trinajstić information content (AvgIpc) is 2.60. The van der Waals surface area contributed by atoms with Gasteiger partial charge in [0.05, 0.1) is 11.7 Å². The number of ether oxygens (including phenoxy) is 1. The third-order valence-corrected chi connectivity index (χ3v) is 2.33. The van der Waals surface area contributed by atoms with Gasteiger partial charge in [0.1, 0.15) is 11.4 Å². The summed E-state index contributed by atoms with van der Waals surface area (Å²) in [6.45, 7) is 7.36. The maximum atomic E-state index is 11.8. The monoisotopic (exact) mass is 240 g/mol. The first kappa shape index (κ1) is 13.3. The highest BCUT2D eigenvalue weighted by molar-refractivity contribution is 5.68. The predicted molar refractivity (Wildman–Crippen MR) is 65.4 cm³/mol. The van der Waals surface area contributed by atoms with Crippen molar-refractivity contribution in [2.24, 2.45) is 0 Å². The number of nitrogen functional groups attached to an aromatic ring is 1. The number of anilines is 1. The van der Waals surface area contributed by atoms with Crippen LogP contribution in [0.1, 0.15) is 39.4 Å². The molecule has 0 radical (unpaired) electrons. The minimum atomic E-state index is -0.502. The lowest BCUT2D eigenvalue weighted by atomic mass is 10.2. The van der Waals surface area contributed by atoms with Crippen molar-refractivity contribution in [3.63, 3.8) is 0 Å². The fourth-order valence-electron chi connectivity index (χ4n) is 1.27. The molecule has 0 aliphatic heterocycles. The van der Waals surface area contributed by atoms with Crippen LogP contribution in [0.4, 0.5) is 10.6 Å². The largest absolute Gasteiger partial charge is 0.444 e. The molecular weight excluding hydrogens is 220 g/mol. The third-order valence-electron chi connectivity index (χ3n) is 2.33. The maximum Gasteiger partial charge on any atom is 0.410 e. The Hall–Kier alpha value is -1.72. The van der Waals surface area contributed by atoms with E-state index in [1.807, 2.05) is 27.7 Å². The van der Waals surface area contributed by atoms with Gasteiger partial charge >= 0.3 is 6.09 Å². The first-order chi connectivity index (χ1) is 7.70. The van der Waals surface area contributed by atoms with Gasteiger partial charge in [-0.2, -0.15) is 5.10 Å². The predicted octanol–water partition coefficient (Wildman–Crippen LogP) is 1.92. The molecule has 1 unspecified atom stereocenters. The number of nitrogens with zero attached hydrogens (tertiary/aromatic N) is 2. The molecule has 0 aliphatic carbocycles. The van der Waals surface area contributed by atoms with Crippen LogP contribution >= 0.6 is 0 Å². The van der Waals surface area contributed by atoms with Gasteiger partial charge < -0.3 is 15.4 Å². The lowest BCUT2D eigenvalue weighted by Crippen LogP contribution is -2.35. The molecule has 0 bridgehead atoms. The Morgan fingerprint density at radius 1 is 1.59 bits per heavy atom. The van der Waals surface area contributed by atoms with E-state index in [0.717, 1.165) is 5.69 Å². The Bertz CT molecular complexity index is 394. The van der Waals surface area contributed by atoms with Gasteiger partial charge in [0.2, 0.25) is 0 Å². The number of carbonyl (C=O) groups is 1. The molecule has 3 N–H and O–H groups in total. The van der Waals surface area contributed by atoms with Crippen molar-refractivity contribution in [1.82, 2.24) is 15.1 Å². The van der Waals surface area contributed by atoms with E-state index < -0.39 is 5.60 Å². The first-order valence-corrected chi connectivity index (χ1v) is 5.47. The number of H-pyrrole nitrogens is 1. The molecule has 0 spiro atoms. The molecule has 96 valence electrons. The zero-order valence-corrected chi connectivity index (χ0v) is 10.9. The number of nitrogens with two attached hydrogens (primary N) is 1. The van der Waals surface area contributed by atoms with Crippen LogP contribution in [0.5, 0.6) is 0 Å². The standard InChI is InChI=1S/C11H20N4O2/c1-7(8-6-9(12)14-13-8)15(5)10(16)17-11(2,3)4/h6-7H,1-5H3,(H3,12,13,14). The number of carbonyl (C=O) groups excluding carboxylic acids is 1. The van der Waals surface area contributed by atoms with Crippen LogP contribution in [0.3, 0.4) is 0 Å². The Morgan fingerprint density at radius 3 is 2.59 bits per heavy atom. The number of hydrogen-bond donors (Lipinski definition) is 2.